The molecule has 0 spiro atoms. The lowest BCUT2D eigenvalue weighted by molar-refractivity contribution is -0.141. The molecule has 0 saturated carbocycles. The quantitative estimate of drug-likeness (QED) is 0.652. The summed E-state index contributed by atoms with van der Waals surface area (Å²) in [6, 6.07) is 0. The topological polar surface area (TPSA) is 46.5 Å². The van der Waals surface area contributed by atoms with Crippen molar-refractivity contribution >= 4 is 5.97 Å². The summed E-state index contributed by atoms with van der Waals surface area (Å²) in [5, 5.41) is 7.79. The maximum Gasteiger partial charge on any atom is 0.329 e. The van der Waals surface area contributed by atoms with E-state index >= 15 is 0 Å². The third-order valence-corrected chi connectivity index (χ3v) is 0.268. The SMILES string of the molecule is CC.CC.COCC(=O)O. The first kappa shape index (κ1) is 16.2. The van der Waals surface area contributed by atoms with Crippen molar-refractivity contribution < 1.29 is 14.6 Å². The third kappa shape index (κ3) is 52.0. The molecule has 0 fully saturated rings. The third-order valence-electron chi connectivity index (χ3n) is 0.268. The van der Waals surface area contributed by atoms with Gasteiger partial charge in [-0.25, -0.2) is 4.79 Å². The van der Waals surface area contributed by atoms with Crippen LogP contribution in [-0.2, 0) is 9.53 Å². The Kier molecular flexibility index (Phi) is 38.4. The second-order valence-corrected chi connectivity index (χ2v) is 0.827. The van der Waals surface area contributed by atoms with Crippen LogP contribution in [0.4, 0.5) is 0 Å². The summed E-state index contributed by atoms with van der Waals surface area (Å²) in [5.41, 5.74) is 0. The highest BCUT2D eigenvalue weighted by molar-refractivity contribution is 5.67. The van der Waals surface area contributed by atoms with E-state index in [1.165, 1.54) is 7.11 Å². The highest BCUT2D eigenvalue weighted by Gasteiger charge is 1.87. The van der Waals surface area contributed by atoms with Crippen LogP contribution < -0.4 is 0 Å². The van der Waals surface area contributed by atoms with Crippen molar-refractivity contribution in [1.82, 2.24) is 0 Å². The van der Waals surface area contributed by atoms with Crippen LogP contribution in [0, 0.1) is 0 Å². The summed E-state index contributed by atoms with van der Waals surface area (Å²) in [7, 11) is 1.34. The van der Waals surface area contributed by atoms with Crippen LogP contribution in [0.1, 0.15) is 27.7 Å². The Morgan fingerprint density at radius 3 is 1.60 bits per heavy atom. The predicted octanol–water partition coefficient (Wildman–Crippen LogP) is 1.77. The van der Waals surface area contributed by atoms with Crippen molar-refractivity contribution in [3.63, 3.8) is 0 Å². The van der Waals surface area contributed by atoms with Gasteiger partial charge >= 0.3 is 5.97 Å². The standard InChI is InChI=1S/C3H6O3.2C2H6/c1-6-2-3(4)5;2*1-2/h2H2,1H3,(H,4,5);2*1-2H3. The van der Waals surface area contributed by atoms with Gasteiger partial charge in [0.05, 0.1) is 0 Å². The summed E-state index contributed by atoms with van der Waals surface area (Å²) in [5.74, 6) is -0.933. The van der Waals surface area contributed by atoms with Crippen molar-refractivity contribution in [2.24, 2.45) is 0 Å². The Morgan fingerprint density at radius 1 is 1.30 bits per heavy atom. The molecule has 3 nitrogen and oxygen atoms in total. The van der Waals surface area contributed by atoms with E-state index in [1.54, 1.807) is 0 Å². The zero-order valence-corrected chi connectivity index (χ0v) is 7.47. The zero-order valence-electron chi connectivity index (χ0n) is 7.47. The van der Waals surface area contributed by atoms with Gasteiger partial charge in [0.1, 0.15) is 6.61 Å². The zero-order chi connectivity index (χ0) is 8.99. The van der Waals surface area contributed by atoms with Crippen LogP contribution in [0.2, 0.25) is 0 Å². The molecule has 10 heavy (non-hydrogen) atoms. The first-order valence-electron chi connectivity index (χ1n) is 3.48. The molecule has 1 N–H and O–H groups in total. The Bertz CT molecular complexity index is 52.8. The van der Waals surface area contributed by atoms with Gasteiger partial charge in [-0.3, -0.25) is 0 Å². The number of carboxylic acids is 1. The normalized spacial score (nSPS) is 6.10. The second-order valence-electron chi connectivity index (χ2n) is 0.827. The number of carboxylic acid groups (broad SMARTS) is 1. The number of aliphatic carboxylic acids is 1. The maximum absolute atomic E-state index is 9.47. The molecule has 0 aromatic carbocycles. The lowest BCUT2D eigenvalue weighted by atomic mass is 10.8. The molecule has 0 amide bonds. The lowest BCUT2D eigenvalue weighted by Gasteiger charge is -1.83. The molecule has 0 heterocycles. The number of carbonyl (C=O) groups is 1. The molecule has 64 valence electrons. The number of hydrogen-bond donors (Lipinski definition) is 1. The van der Waals surface area contributed by atoms with Gasteiger partial charge < -0.3 is 9.84 Å². The fraction of sp³-hybridized carbons (Fsp3) is 0.857. The monoisotopic (exact) mass is 150 g/mol. The highest BCUT2D eigenvalue weighted by Crippen LogP contribution is 1.61. The molecule has 0 bridgehead atoms. The summed E-state index contributed by atoms with van der Waals surface area (Å²) >= 11 is 0. The summed E-state index contributed by atoms with van der Waals surface area (Å²) in [6.45, 7) is 7.79. The summed E-state index contributed by atoms with van der Waals surface area (Å²) in [6.07, 6.45) is 0. The minimum Gasteiger partial charge on any atom is -0.480 e. The van der Waals surface area contributed by atoms with E-state index in [0.29, 0.717) is 0 Å². The first-order chi connectivity index (χ1) is 4.77. The number of rotatable bonds is 2. The molecular weight excluding hydrogens is 132 g/mol. The predicted molar refractivity (Wildman–Crippen MR) is 42.2 cm³/mol. The smallest absolute Gasteiger partial charge is 0.329 e. The van der Waals surface area contributed by atoms with E-state index in [-0.39, 0.29) is 6.61 Å². The van der Waals surface area contributed by atoms with Gasteiger partial charge in [-0.2, -0.15) is 0 Å². The van der Waals surface area contributed by atoms with E-state index in [0.717, 1.165) is 0 Å². The van der Waals surface area contributed by atoms with Crippen LogP contribution in [0.3, 0.4) is 0 Å². The van der Waals surface area contributed by atoms with Crippen LogP contribution in [0.15, 0.2) is 0 Å². The van der Waals surface area contributed by atoms with E-state index in [9.17, 15) is 4.79 Å². The average molecular weight is 150 g/mol. The van der Waals surface area contributed by atoms with Gasteiger partial charge in [0, 0.05) is 7.11 Å². The fourth-order valence-corrected chi connectivity index (χ4v) is 0.123. The largest absolute Gasteiger partial charge is 0.480 e. The second kappa shape index (κ2) is 23.7. The first-order valence-corrected chi connectivity index (χ1v) is 3.48. The van der Waals surface area contributed by atoms with Crippen molar-refractivity contribution in [2.45, 2.75) is 27.7 Å². The Balaban J connectivity index is -0.000000105. The molecule has 0 saturated heterocycles. The lowest BCUT2D eigenvalue weighted by Crippen LogP contribution is -2.02. The van der Waals surface area contributed by atoms with Crippen molar-refractivity contribution in [1.29, 1.82) is 0 Å². The van der Waals surface area contributed by atoms with Gasteiger partial charge in [0.25, 0.3) is 0 Å². The van der Waals surface area contributed by atoms with Crippen molar-refractivity contribution in [3.05, 3.63) is 0 Å². The summed E-state index contributed by atoms with van der Waals surface area (Å²) in [4.78, 5) is 9.47. The molecule has 0 radical (unpaired) electrons. The Labute approximate surface area is 63.0 Å². The van der Waals surface area contributed by atoms with Gasteiger partial charge in [-0.1, -0.05) is 27.7 Å². The number of hydrogen-bond acceptors (Lipinski definition) is 2. The van der Waals surface area contributed by atoms with Crippen LogP contribution in [-0.4, -0.2) is 24.8 Å². The van der Waals surface area contributed by atoms with Crippen molar-refractivity contribution in [2.75, 3.05) is 13.7 Å². The molecule has 3 heteroatoms. The van der Waals surface area contributed by atoms with Gasteiger partial charge in [-0.15, -0.1) is 0 Å². The Morgan fingerprint density at radius 2 is 1.60 bits per heavy atom. The van der Waals surface area contributed by atoms with E-state index in [4.69, 9.17) is 5.11 Å². The fourth-order valence-electron chi connectivity index (χ4n) is 0.123. The van der Waals surface area contributed by atoms with Crippen LogP contribution >= 0.6 is 0 Å². The molecule has 0 aromatic heterocycles. The average Bonchev–Trinajstić information content (AvgIpc) is 1.96. The number of methoxy groups -OCH3 is 1. The van der Waals surface area contributed by atoms with Gasteiger partial charge in [0.2, 0.25) is 0 Å². The molecule has 0 aliphatic carbocycles. The number of ether oxygens (including phenoxy) is 1. The molecule has 0 aromatic rings. The van der Waals surface area contributed by atoms with E-state index in [2.05, 4.69) is 4.74 Å². The van der Waals surface area contributed by atoms with Crippen molar-refractivity contribution in [3.8, 4) is 0 Å². The highest BCUT2D eigenvalue weighted by atomic mass is 16.5. The van der Waals surface area contributed by atoms with Crippen LogP contribution in [0.25, 0.3) is 0 Å². The Hall–Kier alpha value is -0.570. The minimum atomic E-state index is -0.933. The van der Waals surface area contributed by atoms with E-state index in [1.807, 2.05) is 27.7 Å². The van der Waals surface area contributed by atoms with E-state index < -0.39 is 5.97 Å². The van der Waals surface area contributed by atoms with Crippen LogP contribution in [0.5, 0.6) is 0 Å². The summed E-state index contributed by atoms with van der Waals surface area (Å²) < 4.78 is 4.20. The van der Waals surface area contributed by atoms with Gasteiger partial charge in [-0.05, 0) is 0 Å². The van der Waals surface area contributed by atoms with Gasteiger partial charge in [0.15, 0.2) is 0 Å². The molecule has 0 unspecified atom stereocenters. The molecule has 0 rings (SSSR count). The molecule has 0 atom stereocenters. The molecule has 0 aliphatic rings. The maximum atomic E-state index is 9.47. The minimum absolute atomic E-state index is 0.208. The molecule has 0 aliphatic heterocycles. The molecular formula is C7H18O3.